The smallest absolute Gasteiger partial charge is 0.141 e. The SMILES string of the molecule is C=CC1C2CC3C(=O)C1C(N(C)C)C(C2=O)C3C=C. The van der Waals surface area contributed by atoms with Crippen LogP contribution in [0.15, 0.2) is 25.3 Å². The maximum absolute atomic E-state index is 12.7. The van der Waals surface area contributed by atoms with E-state index in [1.165, 1.54) is 0 Å². The Labute approximate surface area is 114 Å². The van der Waals surface area contributed by atoms with Crippen molar-refractivity contribution < 1.29 is 9.59 Å². The van der Waals surface area contributed by atoms with Crippen LogP contribution in [0.2, 0.25) is 0 Å². The lowest BCUT2D eigenvalue weighted by Gasteiger charge is -2.59. The first-order valence-corrected chi connectivity index (χ1v) is 7.02. The van der Waals surface area contributed by atoms with Crippen molar-refractivity contribution in [1.82, 2.24) is 4.90 Å². The Morgan fingerprint density at radius 3 is 1.74 bits per heavy atom. The summed E-state index contributed by atoms with van der Waals surface area (Å²) in [6.07, 6.45) is 4.38. The highest BCUT2D eigenvalue weighted by Gasteiger charge is 2.64. The maximum atomic E-state index is 12.7. The van der Waals surface area contributed by atoms with Crippen LogP contribution in [0.3, 0.4) is 0 Å². The molecule has 0 aromatic heterocycles. The van der Waals surface area contributed by atoms with E-state index in [0.717, 1.165) is 0 Å². The highest BCUT2D eigenvalue weighted by Crippen LogP contribution is 2.57. The molecule has 19 heavy (non-hydrogen) atoms. The molecule has 0 spiro atoms. The number of Topliss-reactive ketones (excluding diaryl/α,β-unsaturated/α-hetero) is 2. The average molecular weight is 259 g/mol. The van der Waals surface area contributed by atoms with Crippen molar-refractivity contribution in [3.05, 3.63) is 25.3 Å². The Morgan fingerprint density at radius 2 is 1.42 bits per heavy atom. The molecule has 0 amide bonds. The number of carbonyl (C=O) groups is 2. The van der Waals surface area contributed by atoms with Crippen molar-refractivity contribution in [2.24, 2.45) is 35.5 Å². The van der Waals surface area contributed by atoms with Crippen LogP contribution in [0.4, 0.5) is 0 Å². The van der Waals surface area contributed by atoms with Crippen LogP contribution in [-0.2, 0) is 9.59 Å². The lowest BCUT2D eigenvalue weighted by atomic mass is 9.45. The van der Waals surface area contributed by atoms with Crippen LogP contribution in [0.1, 0.15) is 6.42 Å². The Balaban J connectivity index is 2.13. The van der Waals surface area contributed by atoms with E-state index < -0.39 is 0 Å². The number of carbonyl (C=O) groups excluding carboxylic acids is 2. The quantitative estimate of drug-likeness (QED) is 0.722. The zero-order valence-corrected chi connectivity index (χ0v) is 11.6. The van der Waals surface area contributed by atoms with Crippen LogP contribution in [0.5, 0.6) is 0 Å². The van der Waals surface area contributed by atoms with E-state index >= 15 is 0 Å². The fraction of sp³-hybridized carbons (Fsp3) is 0.625. The number of hydrogen-bond acceptors (Lipinski definition) is 3. The average Bonchev–Trinajstić information content (AvgIpc) is 2.37. The largest absolute Gasteiger partial charge is 0.305 e. The van der Waals surface area contributed by atoms with E-state index in [1.807, 2.05) is 26.2 Å². The Bertz CT molecular complexity index is 429. The monoisotopic (exact) mass is 259 g/mol. The van der Waals surface area contributed by atoms with Gasteiger partial charge in [-0.15, -0.1) is 13.2 Å². The molecular formula is C16H21NO2. The van der Waals surface area contributed by atoms with Gasteiger partial charge in [-0.3, -0.25) is 9.59 Å². The fourth-order valence-corrected chi connectivity index (χ4v) is 4.85. The van der Waals surface area contributed by atoms with Crippen LogP contribution in [0.25, 0.3) is 0 Å². The Hall–Kier alpha value is -1.22. The predicted molar refractivity (Wildman–Crippen MR) is 73.4 cm³/mol. The van der Waals surface area contributed by atoms with E-state index in [1.54, 1.807) is 0 Å². The normalized spacial score (nSPS) is 47.8. The van der Waals surface area contributed by atoms with Crippen molar-refractivity contribution in [2.45, 2.75) is 12.5 Å². The summed E-state index contributed by atoms with van der Waals surface area (Å²) >= 11 is 0. The molecule has 0 heterocycles. The zero-order chi connectivity index (χ0) is 13.9. The van der Waals surface area contributed by atoms with Crippen LogP contribution in [0, 0.1) is 35.5 Å². The molecule has 3 heteroatoms. The maximum Gasteiger partial charge on any atom is 0.141 e. The van der Waals surface area contributed by atoms with Crippen LogP contribution < -0.4 is 0 Å². The summed E-state index contributed by atoms with van der Waals surface area (Å²) in [6, 6.07) is 0.0128. The van der Waals surface area contributed by atoms with Gasteiger partial charge in [0.05, 0.1) is 0 Å². The lowest BCUT2D eigenvalue weighted by molar-refractivity contribution is -0.169. The van der Waals surface area contributed by atoms with Gasteiger partial charge < -0.3 is 4.90 Å². The van der Waals surface area contributed by atoms with Gasteiger partial charge in [0.25, 0.3) is 0 Å². The van der Waals surface area contributed by atoms with Gasteiger partial charge in [0.1, 0.15) is 11.6 Å². The van der Waals surface area contributed by atoms with Crippen molar-refractivity contribution in [3.63, 3.8) is 0 Å². The second kappa shape index (κ2) is 4.14. The molecule has 4 aliphatic carbocycles. The van der Waals surface area contributed by atoms with Crippen LogP contribution >= 0.6 is 0 Å². The summed E-state index contributed by atoms with van der Waals surface area (Å²) in [5.74, 6) is 0.661. The Morgan fingerprint density at radius 1 is 1.00 bits per heavy atom. The van der Waals surface area contributed by atoms with Gasteiger partial charge in [-0.25, -0.2) is 0 Å². The first-order chi connectivity index (χ1) is 9.02. The van der Waals surface area contributed by atoms with Gasteiger partial charge >= 0.3 is 0 Å². The minimum Gasteiger partial charge on any atom is -0.305 e. The molecule has 102 valence electrons. The molecule has 4 rings (SSSR count). The molecule has 6 atom stereocenters. The van der Waals surface area contributed by atoms with Crippen molar-refractivity contribution in [1.29, 1.82) is 0 Å². The van der Waals surface area contributed by atoms with Crippen molar-refractivity contribution in [3.8, 4) is 0 Å². The van der Waals surface area contributed by atoms with Crippen molar-refractivity contribution in [2.75, 3.05) is 14.1 Å². The highest BCUT2D eigenvalue weighted by molar-refractivity contribution is 5.98. The van der Waals surface area contributed by atoms with Gasteiger partial charge in [0, 0.05) is 29.7 Å². The molecule has 0 N–H and O–H groups in total. The third-order valence-corrected chi connectivity index (χ3v) is 5.53. The van der Waals surface area contributed by atoms with Gasteiger partial charge in [0.2, 0.25) is 0 Å². The first kappa shape index (κ1) is 12.8. The summed E-state index contributed by atoms with van der Waals surface area (Å²) in [5, 5.41) is 0. The molecule has 4 saturated carbocycles. The first-order valence-electron chi connectivity index (χ1n) is 7.02. The molecular weight excluding hydrogens is 238 g/mol. The molecule has 0 aromatic rings. The van der Waals surface area contributed by atoms with E-state index in [4.69, 9.17) is 0 Å². The van der Waals surface area contributed by atoms with E-state index in [9.17, 15) is 9.59 Å². The molecule has 4 fully saturated rings. The summed E-state index contributed by atoms with van der Waals surface area (Å²) in [6.45, 7) is 7.73. The van der Waals surface area contributed by atoms with Gasteiger partial charge in [-0.2, -0.15) is 0 Å². The molecule has 0 radical (unpaired) electrons. The topological polar surface area (TPSA) is 37.4 Å². The molecule has 3 nitrogen and oxygen atoms in total. The molecule has 0 aromatic carbocycles. The molecule has 6 unspecified atom stereocenters. The van der Waals surface area contributed by atoms with Gasteiger partial charge in [-0.05, 0) is 32.4 Å². The summed E-state index contributed by atoms with van der Waals surface area (Å²) < 4.78 is 0. The fourth-order valence-electron chi connectivity index (χ4n) is 4.85. The summed E-state index contributed by atoms with van der Waals surface area (Å²) in [7, 11) is 3.93. The zero-order valence-electron chi connectivity index (χ0n) is 11.6. The standard InChI is InChI=1S/C16H21NO2/c1-5-8-10-7-11-9(6-2)13(15(10)18)14(17(3)4)12(8)16(11)19/h5-6,8-14H,1-2,7H2,3-4H3. The second-order valence-electron chi connectivity index (χ2n) is 6.39. The molecule has 4 aliphatic rings. The number of allylic oxidation sites excluding steroid dienone is 2. The van der Waals surface area contributed by atoms with E-state index in [0.29, 0.717) is 18.0 Å². The summed E-state index contributed by atoms with van der Waals surface area (Å²) in [5.41, 5.74) is 0. The Kier molecular flexibility index (Phi) is 2.79. The van der Waals surface area contributed by atoms with E-state index in [2.05, 4.69) is 18.1 Å². The molecule has 4 bridgehead atoms. The lowest BCUT2D eigenvalue weighted by Crippen LogP contribution is -2.68. The highest BCUT2D eigenvalue weighted by atomic mass is 16.1. The summed E-state index contributed by atoms with van der Waals surface area (Å²) in [4.78, 5) is 27.5. The number of hydrogen-bond donors (Lipinski definition) is 0. The third-order valence-electron chi connectivity index (χ3n) is 5.53. The molecule has 0 saturated heterocycles. The van der Waals surface area contributed by atoms with Crippen LogP contribution in [-0.4, -0.2) is 36.6 Å². The predicted octanol–water partition coefficient (Wildman–Crippen LogP) is 1.55. The minimum atomic E-state index is -0.0462. The van der Waals surface area contributed by atoms with E-state index in [-0.39, 0.29) is 41.5 Å². The number of rotatable bonds is 3. The third kappa shape index (κ3) is 1.42. The number of nitrogens with zero attached hydrogens (tertiary/aromatic N) is 1. The second-order valence-corrected chi connectivity index (χ2v) is 6.39. The van der Waals surface area contributed by atoms with Gasteiger partial charge in [0.15, 0.2) is 0 Å². The number of ketones is 2. The van der Waals surface area contributed by atoms with Crippen molar-refractivity contribution >= 4 is 11.6 Å². The molecule has 0 aliphatic heterocycles. The minimum absolute atomic E-state index is 0.0128. The van der Waals surface area contributed by atoms with Gasteiger partial charge in [-0.1, -0.05) is 12.2 Å².